The van der Waals surface area contributed by atoms with E-state index < -0.39 is 23.3 Å². The highest BCUT2D eigenvalue weighted by Gasteiger charge is 2.27. The molecule has 1 fully saturated rings. The molecule has 0 unspecified atom stereocenters. The van der Waals surface area contributed by atoms with Crippen LogP contribution in [0.5, 0.6) is 11.5 Å². The second-order valence-electron chi connectivity index (χ2n) is 10.0. The van der Waals surface area contributed by atoms with E-state index in [1.165, 1.54) is 12.1 Å². The lowest BCUT2D eigenvalue weighted by molar-refractivity contribution is 0.0249. The van der Waals surface area contributed by atoms with Crippen molar-refractivity contribution in [3.63, 3.8) is 0 Å². The Kier molecular flexibility index (Phi) is 10.3. The summed E-state index contributed by atoms with van der Waals surface area (Å²) in [5.74, 6) is -3.48. The van der Waals surface area contributed by atoms with Gasteiger partial charge in [0.25, 0.3) is 0 Å². The van der Waals surface area contributed by atoms with E-state index in [1.54, 1.807) is 36.4 Å². The molecule has 3 aromatic rings. The third-order valence-corrected chi connectivity index (χ3v) is 7.23. The fraction of sp³-hybridized carbons (Fsp3) is 0.438. The molecule has 0 amide bonds. The van der Waals surface area contributed by atoms with Crippen molar-refractivity contribution in [2.75, 3.05) is 13.2 Å². The quantitative estimate of drug-likeness (QED) is 0.168. The zero-order valence-corrected chi connectivity index (χ0v) is 22.6. The van der Waals surface area contributed by atoms with Crippen LogP contribution in [-0.4, -0.2) is 19.3 Å². The molecule has 1 aliphatic carbocycles. The van der Waals surface area contributed by atoms with Crippen molar-refractivity contribution >= 4 is 0 Å². The number of hydrogen-bond donors (Lipinski definition) is 0. The number of rotatable bonds is 12. The molecule has 0 aromatic heterocycles. The maximum absolute atomic E-state index is 15.1. The predicted octanol–water partition coefficient (Wildman–Crippen LogP) is 9.12. The van der Waals surface area contributed by atoms with Gasteiger partial charge in [-0.2, -0.15) is 4.39 Å². The largest absolute Gasteiger partial charge is 0.490 e. The Bertz CT molecular complexity index is 1220. The maximum Gasteiger partial charge on any atom is 0.201 e. The molecule has 1 aliphatic rings. The molecule has 0 spiro atoms. The minimum atomic E-state index is -1.04. The SMILES string of the molecule is CCCCOc1ccc(COc2ccc(-c3ccc(C4CCC(OCCC)CC4)c(F)c3F)cc2)c(F)c1F. The Morgan fingerprint density at radius 2 is 1.44 bits per heavy atom. The summed E-state index contributed by atoms with van der Waals surface area (Å²) in [6, 6.07) is 12.5. The normalized spacial score (nSPS) is 17.3. The van der Waals surface area contributed by atoms with Crippen molar-refractivity contribution in [1.82, 2.24) is 0 Å². The number of benzene rings is 3. The van der Waals surface area contributed by atoms with Gasteiger partial charge in [-0.15, -0.1) is 0 Å². The molecule has 3 nitrogen and oxygen atoms in total. The van der Waals surface area contributed by atoms with E-state index in [0.29, 0.717) is 23.5 Å². The first kappa shape index (κ1) is 28.9. The van der Waals surface area contributed by atoms with Crippen molar-refractivity contribution in [2.24, 2.45) is 0 Å². The van der Waals surface area contributed by atoms with E-state index in [-0.39, 0.29) is 35.5 Å². The first-order chi connectivity index (χ1) is 18.9. The fourth-order valence-electron chi connectivity index (χ4n) is 4.94. The lowest BCUT2D eigenvalue weighted by Gasteiger charge is -2.29. The molecule has 210 valence electrons. The van der Waals surface area contributed by atoms with Gasteiger partial charge < -0.3 is 14.2 Å². The van der Waals surface area contributed by atoms with Crippen molar-refractivity contribution in [3.8, 4) is 22.6 Å². The van der Waals surface area contributed by atoms with Crippen molar-refractivity contribution < 1.29 is 31.8 Å². The highest BCUT2D eigenvalue weighted by atomic mass is 19.2. The van der Waals surface area contributed by atoms with Crippen molar-refractivity contribution in [1.29, 1.82) is 0 Å². The van der Waals surface area contributed by atoms with Gasteiger partial charge in [0.2, 0.25) is 5.82 Å². The zero-order valence-electron chi connectivity index (χ0n) is 22.6. The number of unbranched alkanes of at least 4 members (excludes halogenated alkanes) is 1. The summed E-state index contributed by atoms with van der Waals surface area (Å²) >= 11 is 0. The lowest BCUT2D eigenvalue weighted by atomic mass is 9.82. The van der Waals surface area contributed by atoms with Crippen LogP contribution >= 0.6 is 0 Å². The molecular formula is C32H36F4O3. The number of hydrogen-bond acceptors (Lipinski definition) is 3. The average Bonchev–Trinajstić information content (AvgIpc) is 2.96. The Labute approximate surface area is 228 Å². The van der Waals surface area contributed by atoms with Crippen LogP contribution < -0.4 is 9.47 Å². The summed E-state index contributed by atoms with van der Waals surface area (Å²) < 4.78 is 75.7. The Morgan fingerprint density at radius 3 is 2.13 bits per heavy atom. The third kappa shape index (κ3) is 7.13. The molecule has 0 atom stereocenters. The zero-order chi connectivity index (χ0) is 27.8. The number of ether oxygens (including phenoxy) is 3. The molecule has 0 aliphatic heterocycles. The highest BCUT2D eigenvalue weighted by Crippen LogP contribution is 2.38. The highest BCUT2D eigenvalue weighted by molar-refractivity contribution is 5.65. The van der Waals surface area contributed by atoms with E-state index in [9.17, 15) is 8.78 Å². The molecule has 1 saturated carbocycles. The molecule has 0 heterocycles. The number of halogens is 4. The van der Waals surface area contributed by atoms with E-state index >= 15 is 8.78 Å². The Morgan fingerprint density at radius 1 is 0.692 bits per heavy atom. The molecule has 0 bridgehead atoms. The smallest absolute Gasteiger partial charge is 0.201 e. The Hall–Kier alpha value is -3.06. The van der Waals surface area contributed by atoms with Gasteiger partial charge in [0.15, 0.2) is 23.2 Å². The first-order valence-electron chi connectivity index (χ1n) is 13.8. The van der Waals surface area contributed by atoms with Crippen LogP contribution in [0.1, 0.15) is 75.8 Å². The van der Waals surface area contributed by atoms with Crippen LogP contribution in [0.15, 0.2) is 48.5 Å². The van der Waals surface area contributed by atoms with E-state index in [2.05, 4.69) is 6.92 Å². The van der Waals surface area contributed by atoms with Gasteiger partial charge in [0.1, 0.15) is 12.4 Å². The van der Waals surface area contributed by atoms with Crippen LogP contribution in [0.4, 0.5) is 17.6 Å². The minimum absolute atomic E-state index is 0.0204. The fourth-order valence-corrected chi connectivity index (χ4v) is 4.94. The van der Waals surface area contributed by atoms with E-state index in [0.717, 1.165) is 51.6 Å². The Balaban J connectivity index is 1.38. The van der Waals surface area contributed by atoms with Gasteiger partial charge in [-0.05, 0) is 79.8 Å². The molecule has 3 aromatic carbocycles. The lowest BCUT2D eigenvalue weighted by Crippen LogP contribution is -2.21. The van der Waals surface area contributed by atoms with Gasteiger partial charge >= 0.3 is 0 Å². The second kappa shape index (κ2) is 13.8. The summed E-state index contributed by atoms with van der Waals surface area (Å²) in [6.07, 6.45) is 6.05. The summed E-state index contributed by atoms with van der Waals surface area (Å²) in [7, 11) is 0. The summed E-state index contributed by atoms with van der Waals surface area (Å²) in [5, 5.41) is 0. The summed E-state index contributed by atoms with van der Waals surface area (Å²) in [4.78, 5) is 0. The van der Waals surface area contributed by atoms with Crippen molar-refractivity contribution in [3.05, 3.63) is 82.9 Å². The van der Waals surface area contributed by atoms with Gasteiger partial charge in [0.05, 0.1) is 12.7 Å². The topological polar surface area (TPSA) is 27.7 Å². The van der Waals surface area contributed by atoms with E-state index in [1.807, 2.05) is 6.92 Å². The molecule has 0 saturated heterocycles. The van der Waals surface area contributed by atoms with Crippen LogP contribution in [0.25, 0.3) is 11.1 Å². The molecule has 4 rings (SSSR count). The third-order valence-electron chi connectivity index (χ3n) is 7.23. The molecule has 7 heteroatoms. The summed E-state index contributed by atoms with van der Waals surface area (Å²) in [6.45, 7) is 4.90. The average molecular weight is 545 g/mol. The van der Waals surface area contributed by atoms with Crippen molar-refractivity contribution in [2.45, 2.75) is 77.4 Å². The minimum Gasteiger partial charge on any atom is -0.490 e. The maximum atomic E-state index is 15.1. The standard InChI is InChI=1S/C32H36F4O3/c1-3-5-19-38-28-17-10-23(29(33)32(28)36)20-39-25-13-8-22(9-14-25)27-16-15-26(30(34)31(27)35)21-6-11-24(12-7-21)37-18-4-2/h8-10,13-17,21,24H,3-7,11-12,18-20H2,1-2H3. The van der Waals surface area contributed by atoms with E-state index in [4.69, 9.17) is 14.2 Å². The summed E-state index contributed by atoms with van der Waals surface area (Å²) in [5.41, 5.74) is 1.12. The monoisotopic (exact) mass is 544 g/mol. The molecule has 0 radical (unpaired) electrons. The van der Waals surface area contributed by atoms with Crippen LogP contribution in [-0.2, 0) is 11.3 Å². The van der Waals surface area contributed by atoms with Gasteiger partial charge in [-0.1, -0.05) is 44.5 Å². The molecular weight excluding hydrogens is 508 g/mol. The van der Waals surface area contributed by atoms with Crippen LogP contribution in [0, 0.1) is 23.3 Å². The van der Waals surface area contributed by atoms with Crippen LogP contribution in [0.3, 0.4) is 0 Å². The second-order valence-corrected chi connectivity index (χ2v) is 10.0. The molecule has 39 heavy (non-hydrogen) atoms. The first-order valence-corrected chi connectivity index (χ1v) is 13.8. The van der Waals surface area contributed by atoms with Gasteiger partial charge in [-0.3, -0.25) is 0 Å². The van der Waals surface area contributed by atoms with Crippen LogP contribution in [0.2, 0.25) is 0 Å². The molecule has 0 N–H and O–H groups in total. The van der Waals surface area contributed by atoms with Gasteiger partial charge in [0, 0.05) is 17.7 Å². The predicted molar refractivity (Wildman–Crippen MR) is 144 cm³/mol. The van der Waals surface area contributed by atoms with Gasteiger partial charge in [-0.25, -0.2) is 13.2 Å².